The van der Waals surface area contributed by atoms with Crippen molar-refractivity contribution in [1.82, 2.24) is 5.32 Å². The van der Waals surface area contributed by atoms with Gasteiger partial charge in [-0.2, -0.15) is 5.26 Å². The molecule has 1 aliphatic carbocycles. The molecule has 0 spiro atoms. The second kappa shape index (κ2) is 6.81. The lowest BCUT2D eigenvalue weighted by atomic mass is 10.1. The summed E-state index contributed by atoms with van der Waals surface area (Å²) < 4.78 is 5.49. The van der Waals surface area contributed by atoms with Gasteiger partial charge in [-0.15, -0.1) is 0 Å². The molecule has 0 amide bonds. The Bertz CT molecular complexity index is 206. The van der Waals surface area contributed by atoms with Crippen molar-refractivity contribution in [1.29, 1.82) is 5.26 Å². The van der Waals surface area contributed by atoms with Gasteiger partial charge in [-0.3, -0.25) is 5.32 Å². The SMILES string of the molecule is CC(C)CCOCCC(C#N)NC1CC1. The van der Waals surface area contributed by atoms with E-state index in [0.29, 0.717) is 18.6 Å². The molecule has 86 valence electrons. The van der Waals surface area contributed by atoms with Gasteiger partial charge in [0.05, 0.1) is 12.1 Å². The van der Waals surface area contributed by atoms with Crippen LogP contribution in [0.15, 0.2) is 0 Å². The third kappa shape index (κ3) is 6.48. The minimum absolute atomic E-state index is 0.0171. The van der Waals surface area contributed by atoms with E-state index in [1.54, 1.807) is 0 Å². The van der Waals surface area contributed by atoms with Crippen molar-refractivity contribution in [3.63, 3.8) is 0 Å². The third-order valence-corrected chi connectivity index (χ3v) is 2.56. The lowest BCUT2D eigenvalue weighted by Crippen LogP contribution is -2.30. The molecule has 1 fully saturated rings. The zero-order chi connectivity index (χ0) is 11.1. The van der Waals surface area contributed by atoms with Gasteiger partial charge in [-0.1, -0.05) is 13.8 Å². The van der Waals surface area contributed by atoms with Crippen molar-refractivity contribution in [2.45, 2.75) is 51.6 Å². The van der Waals surface area contributed by atoms with Crippen molar-refractivity contribution in [2.24, 2.45) is 5.92 Å². The van der Waals surface area contributed by atoms with Gasteiger partial charge in [0.25, 0.3) is 0 Å². The molecular formula is C12H22N2O. The van der Waals surface area contributed by atoms with Crippen molar-refractivity contribution in [3.05, 3.63) is 0 Å². The fraction of sp³-hybridized carbons (Fsp3) is 0.917. The lowest BCUT2D eigenvalue weighted by molar-refractivity contribution is 0.117. The molecule has 1 N–H and O–H groups in total. The second-order valence-corrected chi connectivity index (χ2v) is 4.71. The van der Waals surface area contributed by atoms with Gasteiger partial charge in [0.15, 0.2) is 0 Å². The molecule has 1 atom stereocenters. The number of nitrogens with zero attached hydrogens (tertiary/aromatic N) is 1. The molecule has 1 rings (SSSR count). The van der Waals surface area contributed by atoms with E-state index >= 15 is 0 Å². The molecule has 1 saturated carbocycles. The van der Waals surface area contributed by atoms with Gasteiger partial charge in [-0.25, -0.2) is 0 Å². The van der Waals surface area contributed by atoms with E-state index in [0.717, 1.165) is 19.4 Å². The number of rotatable bonds is 8. The number of hydrogen-bond acceptors (Lipinski definition) is 3. The molecule has 3 heteroatoms. The highest BCUT2D eigenvalue weighted by molar-refractivity contribution is 4.95. The van der Waals surface area contributed by atoms with E-state index in [2.05, 4.69) is 25.2 Å². The molecule has 0 aromatic heterocycles. The van der Waals surface area contributed by atoms with Crippen LogP contribution in [-0.2, 0) is 4.74 Å². The van der Waals surface area contributed by atoms with Gasteiger partial charge >= 0.3 is 0 Å². The topological polar surface area (TPSA) is 45.0 Å². The van der Waals surface area contributed by atoms with Gasteiger partial charge in [-0.05, 0) is 31.6 Å². The molecular weight excluding hydrogens is 188 g/mol. The van der Waals surface area contributed by atoms with Gasteiger partial charge in [0.2, 0.25) is 0 Å². The Morgan fingerprint density at radius 2 is 2.00 bits per heavy atom. The van der Waals surface area contributed by atoms with E-state index in [4.69, 9.17) is 10.00 Å². The van der Waals surface area contributed by atoms with Crippen LogP contribution in [0, 0.1) is 17.2 Å². The summed E-state index contributed by atoms with van der Waals surface area (Å²) in [5.41, 5.74) is 0. The summed E-state index contributed by atoms with van der Waals surface area (Å²) in [5.74, 6) is 0.696. The average molecular weight is 210 g/mol. The molecule has 0 aliphatic heterocycles. The quantitative estimate of drug-likeness (QED) is 0.624. The van der Waals surface area contributed by atoms with Crippen LogP contribution in [0.3, 0.4) is 0 Å². The molecule has 0 bridgehead atoms. The van der Waals surface area contributed by atoms with Crippen molar-refractivity contribution in [2.75, 3.05) is 13.2 Å². The average Bonchev–Trinajstić information content (AvgIpc) is 2.99. The lowest BCUT2D eigenvalue weighted by Gasteiger charge is -2.11. The molecule has 1 aliphatic rings. The molecule has 0 radical (unpaired) electrons. The molecule has 0 heterocycles. The molecule has 1 unspecified atom stereocenters. The van der Waals surface area contributed by atoms with Crippen LogP contribution in [0.1, 0.15) is 39.5 Å². The predicted molar refractivity (Wildman–Crippen MR) is 60.4 cm³/mol. The molecule has 0 aromatic carbocycles. The summed E-state index contributed by atoms with van der Waals surface area (Å²) in [4.78, 5) is 0. The van der Waals surface area contributed by atoms with Crippen molar-refractivity contribution >= 4 is 0 Å². The number of ether oxygens (including phenoxy) is 1. The minimum atomic E-state index is -0.0171. The molecule has 0 aromatic rings. The smallest absolute Gasteiger partial charge is 0.0977 e. The summed E-state index contributed by atoms with van der Waals surface area (Å²) in [5, 5.41) is 12.2. The largest absolute Gasteiger partial charge is 0.381 e. The van der Waals surface area contributed by atoms with Crippen LogP contribution in [0.4, 0.5) is 0 Å². The van der Waals surface area contributed by atoms with Crippen LogP contribution in [-0.4, -0.2) is 25.3 Å². The third-order valence-electron chi connectivity index (χ3n) is 2.56. The Morgan fingerprint density at radius 3 is 2.53 bits per heavy atom. The fourth-order valence-electron chi connectivity index (χ4n) is 1.34. The Morgan fingerprint density at radius 1 is 1.33 bits per heavy atom. The Balaban J connectivity index is 1.94. The van der Waals surface area contributed by atoms with E-state index in [9.17, 15) is 0 Å². The first-order valence-corrected chi connectivity index (χ1v) is 5.95. The summed E-state index contributed by atoms with van der Waals surface area (Å²) in [6.45, 7) is 5.90. The maximum Gasteiger partial charge on any atom is 0.0977 e. The van der Waals surface area contributed by atoms with Gasteiger partial charge in [0.1, 0.15) is 0 Å². The summed E-state index contributed by atoms with van der Waals surface area (Å²) in [7, 11) is 0. The van der Waals surface area contributed by atoms with E-state index in [1.165, 1.54) is 12.8 Å². The summed E-state index contributed by atoms with van der Waals surface area (Å²) >= 11 is 0. The maximum atomic E-state index is 8.88. The first-order chi connectivity index (χ1) is 7.22. The fourth-order valence-corrected chi connectivity index (χ4v) is 1.34. The predicted octanol–water partition coefficient (Wildman–Crippen LogP) is 2.08. The van der Waals surface area contributed by atoms with Crippen LogP contribution < -0.4 is 5.32 Å². The van der Waals surface area contributed by atoms with Gasteiger partial charge in [0, 0.05) is 19.3 Å². The Labute approximate surface area is 92.8 Å². The normalized spacial score (nSPS) is 17.7. The minimum Gasteiger partial charge on any atom is -0.381 e. The highest BCUT2D eigenvalue weighted by Crippen LogP contribution is 2.19. The Kier molecular flexibility index (Phi) is 5.67. The van der Waals surface area contributed by atoms with Crippen LogP contribution in [0.25, 0.3) is 0 Å². The van der Waals surface area contributed by atoms with Crippen LogP contribution in [0.5, 0.6) is 0 Å². The molecule has 3 nitrogen and oxygen atoms in total. The van der Waals surface area contributed by atoms with E-state index < -0.39 is 0 Å². The highest BCUT2D eigenvalue weighted by Gasteiger charge is 2.24. The zero-order valence-corrected chi connectivity index (χ0v) is 9.83. The van der Waals surface area contributed by atoms with Gasteiger partial charge < -0.3 is 4.74 Å². The standard InChI is InChI=1S/C12H22N2O/c1-10(2)5-7-15-8-6-12(9-13)14-11-3-4-11/h10-12,14H,3-8H2,1-2H3. The molecule has 15 heavy (non-hydrogen) atoms. The van der Waals surface area contributed by atoms with Crippen molar-refractivity contribution in [3.8, 4) is 6.07 Å². The summed E-state index contributed by atoms with van der Waals surface area (Å²) in [6, 6.07) is 2.87. The number of nitrogens with one attached hydrogen (secondary N) is 1. The maximum absolute atomic E-state index is 8.88. The first-order valence-electron chi connectivity index (χ1n) is 5.95. The number of hydrogen-bond donors (Lipinski definition) is 1. The van der Waals surface area contributed by atoms with Crippen LogP contribution >= 0.6 is 0 Å². The molecule has 0 saturated heterocycles. The highest BCUT2D eigenvalue weighted by atomic mass is 16.5. The Hall–Kier alpha value is -0.590. The first kappa shape index (κ1) is 12.5. The summed E-state index contributed by atoms with van der Waals surface area (Å²) in [6.07, 6.45) is 4.37. The van der Waals surface area contributed by atoms with E-state index in [-0.39, 0.29) is 6.04 Å². The van der Waals surface area contributed by atoms with E-state index in [1.807, 2.05) is 0 Å². The monoisotopic (exact) mass is 210 g/mol. The second-order valence-electron chi connectivity index (χ2n) is 4.71. The van der Waals surface area contributed by atoms with Crippen molar-refractivity contribution < 1.29 is 4.74 Å². The number of nitriles is 1. The van der Waals surface area contributed by atoms with Crippen LogP contribution in [0.2, 0.25) is 0 Å². The zero-order valence-electron chi connectivity index (χ0n) is 9.83.